The molecule has 1 aromatic carbocycles. The van der Waals surface area contributed by atoms with Crippen LogP contribution < -0.4 is 0 Å². The van der Waals surface area contributed by atoms with Crippen molar-refractivity contribution in [3.8, 4) is 5.69 Å². The second-order valence-electron chi connectivity index (χ2n) is 8.15. The van der Waals surface area contributed by atoms with E-state index < -0.39 is 0 Å². The maximum atomic E-state index is 12.6. The average Bonchev–Trinajstić information content (AvgIpc) is 3.23. The van der Waals surface area contributed by atoms with Gasteiger partial charge in [0.2, 0.25) is 5.91 Å². The minimum absolute atomic E-state index is 0.211. The first-order valence-electron chi connectivity index (χ1n) is 10.6. The summed E-state index contributed by atoms with van der Waals surface area (Å²) < 4.78 is 13.7. The Morgan fingerprint density at radius 1 is 1.03 bits per heavy atom. The molecule has 3 aliphatic heterocycles. The lowest BCUT2D eigenvalue weighted by Crippen LogP contribution is -2.51. The molecule has 5 rings (SSSR count). The molecule has 7 nitrogen and oxygen atoms in total. The van der Waals surface area contributed by atoms with Crippen LogP contribution in [0, 0.1) is 0 Å². The molecule has 3 aliphatic rings. The van der Waals surface area contributed by atoms with E-state index in [1.165, 1.54) is 5.56 Å². The van der Waals surface area contributed by atoms with Crippen LogP contribution in [-0.2, 0) is 26.3 Å². The number of piperidine rings is 1. The van der Waals surface area contributed by atoms with Crippen molar-refractivity contribution < 1.29 is 14.3 Å². The first-order chi connectivity index (χ1) is 14.2. The number of amides is 1. The average molecular weight is 396 g/mol. The zero-order valence-electron chi connectivity index (χ0n) is 16.8. The third-order valence-corrected chi connectivity index (χ3v) is 6.38. The first kappa shape index (κ1) is 18.8. The molecule has 0 bridgehead atoms. The number of para-hydroxylation sites is 1. The third-order valence-electron chi connectivity index (χ3n) is 6.38. The van der Waals surface area contributed by atoms with Gasteiger partial charge in [0.15, 0.2) is 0 Å². The second kappa shape index (κ2) is 7.89. The van der Waals surface area contributed by atoms with Gasteiger partial charge in [-0.3, -0.25) is 9.69 Å². The Hall–Kier alpha value is -2.22. The number of likely N-dealkylation sites (tertiary alicyclic amines) is 1. The molecule has 1 aromatic heterocycles. The summed E-state index contributed by atoms with van der Waals surface area (Å²) in [7, 11) is 0. The Bertz CT molecular complexity index is 852. The summed E-state index contributed by atoms with van der Waals surface area (Å²) in [4.78, 5) is 16.8. The maximum Gasteiger partial charge on any atom is 0.236 e. The van der Waals surface area contributed by atoms with E-state index >= 15 is 0 Å². The Morgan fingerprint density at radius 2 is 1.79 bits per heavy atom. The molecule has 1 spiro atoms. The van der Waals surface area contributed by atoms with Gasteiger partial charge in [-0.05, 0) is 37.0 Å². The molecule has 154 valence electrons. The van der Waals surface area contributed by atoms with Gasteiger partial charge in [0.25, 0.3) is 0 Å². The van der Waals surface area contributed by atoms with E-state index in [-0.39, 0.29) is 11.5 Å². The summed E-state index contributed by atoms with van der Waals surface area (Å²) in [5.41, 5.74) is 3.14. The molecule has 2 fully saturated rings. The van der Waals surface area contributed by atoms with Crippen molar-refractivity contribution in [1.29, 1.82) is 0 Å². The molecular weight excluding hydrogens is 368 g/mol. The fourth-order valence-corrected chi connectivity index (χ4v) is 4.67. The summed E-state index contributed by atoms with van der Waals surface area (Å²) in [5, 5.41) is 4.94. The van der Waals surface area contributed by atoms with Gasteiger partial charge in [-0.25, -0.2) is 4.68 Å². The lowest BCUT2D eigenvalue weighted by molar-refractivity contribution is -0.139. The van der Waals surface area contributed by atoms with Crippen LogP contribution in [0.3, 0.4) is 0 Å². The number of morpholine rings is 1. The fraction of sp³-hybridized carbons (Fsp3) is 0.545. The fourth-order valence-electron chi connectivity index (χ4n) is 4.67. The SMILES string of the molecule is O=C(CN1CCC2(CC1)OCCc1cn(-c3ccccc3)nc12)N1CCOCC1. The van der Waals surface area contributed by atoms with E-state index in [1.807, 2.05) is 27.8 Å². The van der Waals surface area contributed by atoms with Crippen molar-refractivity contribution in [2.45, 2.75) is 24.9 Å². The molecule has 0 radical (unpaired) electrons. The molecule has 0 saturated carbocycles. The topological polar surface area (TPSA) is 59.8 Å². The largest absolute Gasteiger partial charge is 0.378 e. The predicted octanol–water partition coefficient (Wildman–Crippen LogP) is 1.59. The predicted molar refractivity (Wildman–Crippen MR) is 108 cm³/mol. The standard InChI is InChI=1S/C22H28N4O3/c27-20(25-11-14-28-15-12-25)17-24-9-7-22(8-10-24)21-18(6-13-29-22)16-26(23-21)19-4-2-1-3-5-19/h1-5,16H,6-15,17H2. The number of carbonyl (C=O) groups is 1. The highest BCUT2D eigenvalue weighted by molar-refractivity contribution is 5.78. The number of ether oxygens (including phenoxy) is 2. The van der Waals surface area contributed by atoms with Gasteiger partial charge in [0.05, 0.1) is 37.7 Å². The van der Waals surface area contributed by atoms with Crippen LogP contribution in [-0.4, -0.2) is 78.0 Å². The number of hydrogen-bond acceptors (Lipinski definition) is 5. The van der Waals surface area contributed by atoms with Crippen LogP contribution in [0.15, 0.2) is 36.5 Å². The minimum Gasteiger partial charge on any atom is -0.378 e. The van der Waals surface area contributed by atoms with Crippen LogP contribution in [0.2, 0.25) is 0 Å². The molecular formula is C22H28N4O3. The highest BCUT2D eigenvalue weighted by atomic mass is 16.5. The van der Waals surface area contributed by atoms with Crippen LogP contribution >= 0.6 is 0 Å². The van der Waals surface area contributed by atoms with E-state index in [9.17, 15) is 4.79 Å². The van der Waals surface area contributed by atoms with Crippen molar-refractivity contribution in [3.63, 3.8) is 0 Å². The highest BCUT2D eigenvalue weighted by Gasteiger charge is 2.43. The summed E-state index contributed by atoms with van der Waals surface area (Å²) >= 11 is 0. The number of rotatable bonds is 3. The number of benzene rings is 1. The van der Waals surface area contributed by atoms with E-state index in [0.717, 1.165) is 50.3 Å². The lowest BCUT2D eigenvalue weighted by atomic mass is 9.84. The van der Waals surface area contributed by atoms with Crippen molar-refractivity contribution >= 4 is 5.91 Å². The van der Waals surface area contributed by atoms with Crippen LogP contribution in [0.4, 0.5) is 0 Å². The lowest BCUT2D eigenvalue weighted by Gasteiger charge is -2.43. The summed E-state index contributed by atoms with van der Waals surface area (Å²) in [6, 6.07) is 10.2. The van der Waals surface area contributed by atoms with Gasteiger partial charge in [0, 0.05) is 32.4 Å². The number of nitrogens with zero attached hydrogens (tertiary/aromatic N) is 4. The normalized spacial score (nSPS) is 21.9. The number of fused-ring (bicyclic) bond motifs is 2. The van der Waals surface area contributed by atoms with Gasteiger partial charge in [-0.1, -0.05) is 18.2 Å². The molecule has 2 aromatic rings. The number of aromatic nitrogens is 2. The van der Waals surface area contributed by atoms with E-state index in [0.29, 0.717) is 32.8 Å². The first-order valence-corrected chi connectivity index (χ1v) is 10.6. The molecule has 2 saturated heterocycles. The van der Waals surface area contributed by atoms with Gasteiger partial charge in [0.1, 0.15) is 5.60 Å². The minimum atomic E-state index is -0.313. The van der Waals surface area contributed by atoms with Gasteiger partial charge in [-0.2, -0.15) is 5.10 Å². The van der Waals surface area contributed by atoms with Crippen LogP contribution in [0.1, 0.15) is 24.1 Å². The molecule has 0 unspecified atom stereocenters. The smallest absolute Gasteiger partial charge is 0.236 e. The van der Waals surface area contributed by atoms with Gasteiger partial charge in [-0.15, -0.1) is 0 Å². The molecule has 0 N–H and O–H groups in total. The molecule has 0 aliphatic carbocycles. The van der Waals surface area contributed by atoms with Crippen molar-refractivity contribution in [2.75, 3.05) is 52.5 Å². The van der Waals surface area contributed by atoms with Crippen molar-refractivity contribution in [3.05, 3.63) is 47.8 Å². The van der Waals surface area contributed by atoms with Crippen molar-refractivity contribution in [1.82, 2.24) is 19.6 Å². The Balaban J connectivity index is 1.28. The van der Waals surface area contributed by atoms with E-state index in [4.69, 9.17) is 14.6 Å². The highest BCUT2D eigenvalue weighted by Crippen LogP contribution is 2.40. The summed E-state index contributed by atoms with van der Waals surface area (Å²) in [6.07, 6.45) is 4.82. The van der Waals surface area contributed by atoms with Crippen LogP contribution in [0.5, 0.6) is 0 Å². The molecule has 1 amide bonds. The Kier molecular flexibility index (Phi) is 5.11. The van der Waals surface area contributed by atoms with E-state index in [1.54, 1.807) is 0 Å². The Labute approximate surface area is 171 Å². The van der Waals surface area contributed by atoms with Crippen molar-refractivity contribution in [2.24, 2.45) is 0 Å². The maximum absolute atomic E-state index is 12.6. The molecule has 29 heavy (non-hydrogen) atoms. The molecule has 7 heteroatoms. The zero-order chi connectivity index (χ0) is 19.7. The number of carbonyl (C=O) groups excluding carboxylic acids is 1. The monoisotopic (exact) mass is 396 g/mol. The van der Waals surface area contributed by atoms with Crippen LogP contribution in [0.25, 0.3) is 5.69 Å². The van der Waals surface area contributed by atoms with Gasteiger partial charge >= 0.3 is 0 Å². The third kappa shape index (κ3) is 3.70. The molecule has 4 heterocycles. The summed E-state index contributed by atoms with van der Waals surface area (Å²) in [5.74, 6) is 0.211. The van der Waals surface area contributed by atoms with Gasteiger partial charge < -0.3 is 14.4 Å². The Morgan fingerprint density at radius 3 is 2.55 bits per heavy atom. The quantitative estimate of drug-likeness (QED) is 0.789. The molecule has 0 atom stereocenters. The zero-order valence-corrected chi connectivity index (χ0v) is 16.8. The second-order valence-corrected chi connectivity index (χ2v) is 8.15. The number of hydrogen-bond donors (Lipinski definition) is 0. The van der Waals surface area contributed by atoms with E-state index in [2.05, 4.69) is 23.2 Å². The summed E-state index contributed by atoms with van der Waals surface area (Å²) in [6.45, 7) is 5.65.